The normalized spacial score (nSPS) is 11.0. The van der Waals surface area contributed by atoms with Crippen molar-refractivity contribution in [3.8, 4) is 17.2 Å². The third kappa shape index (κ3) is 5.51. The van der Waals surface area contributed by atoms with Crippen molar-refractivity contribution < 1.29 is 14.2 Å². The fourth-order valence-electron chi connectivity index (χ4n) is 2.73. The number of nitrogens with two attached hydrogens (primary N) is 1. The smallest absolute Gasteiger partial charge is 0.221 e. The van der Waals surface area contributed by atoms with Gasteiger partial charge >= 0.3 is 0 Å². The lowest BCUT2D eigenvalue weighted by Crippen LogP contribution is -2.01. The second-order valence-corrected chi connectivity index (χ2v) is 6.33. The number of hydrogen-bond acceptors (Lipinski definition) is 6. The highest BCUT2D eigenvalue weighted by Crippen LogP contribution is 2.29. The minimum absolute atomic E-state index is 0.362. The molecule has 0 saturated heterocycles. The van der Waals surface area contributed by atoms with Gasteiger partial charge in [-0.25, -0.2) is 9.66 Å². The van der Waals surface area contributed by atoms with E-state index in [1.54, 1.807) is 17.1 Å². The van der Waals surface area contributed by atoms with Gasteiger partial charge in [-0.05, 0) is 68.3 Å². The Morgan fingerprint density at radius 2 is 1.72 bits per heavy atom. The van der Waals surface area contributed by atoms with E-state index in [0.717, 1.165) is 34.1 Å². The molecule has 0 bridgehead atoms. The molecule has 0 saturated carbocycles. The van der Waals surface area contributed by atoms with Gasteiger partial charge in [-0.1, -0.05) is 6.07 Å². The van der Waals surface area contributed by atoms with E-state index in [4.69, 9.17) is 19.9 Å². The largest absolute Gasteiger partial charge is 0.490 e. The molecule has 0 amide bonds. The maximum Gasteiger partial charge on any atom is 0.221 e. The SMILES string of the molecule is CCOc1ccc(COc2ccc(C=Nn3cc(C)nc3N)cc2)cc1OCC. The number of nitrogen functional groups attached to an aromatic ring is 1. The molecule has 0 radical (unpaired) electrons. The van der Waals surface area contributed by atoms with Crippen LogP contribution in [0.1, 0.15) is 30.7 Å². The molecule has 2 aromatic carbocycles. The molecule has 0 unspecified atom stereocenters. The first kappa shape index (κ1) is 20.3. The number of nitrogens with zero attached hydrogens (tertiary/aromatic N) is 3. The van der Waals surface area contributed by atoms with Gasteiger partial charge in [0.1, 0.15) is 12.4 Å². The summed E-state index contributed by atoms with van der Waals surface area (Å²) in [5.74, 6) is 2.61. The van der Waals surface area contributed by atoms with Crippen molar-refractivity contribution in [3.05, 3.63) is 65.5 Å². The van der Waals surface area contributed by atoms with Gasteiger partial charge in [-0.2, -0.15) is 5.10 Å². The zero-order valence-electron chi connectivity index (χ0n) is 17.0. The Morgan fingerprint density at radius 3 is 2.38 bits per heavy atom. The van der Waals surface area contributed by atoms with E-state index < -0.39 is 0 Å². The lowest BCUT2D eigenvalue weighted by Gasteiger charge is -2.13. The third-order valence-corrected chi connectivity index (χ3v) is 4.06. The van der Waals surface area contributed by atoms with Crippen LogP contribution in [0.4, 0.5) is 5.95 Å². The first-order valence-corrected chi connectivity index (χ1v) is 9.56. The predicted octanol–water partition coefficient (Wildman–Crippen LogP) is 4.03. The Labute approximate surface area is 170 Å². The highest BCUT2D eigenvalue weighted by atomic mass is 16.5. The number of anilines is 1. The minimum Gasteiger partial charge on any atom is -0.490 e. The average Bonchev–Trinajstić information content (AvgIpc) is 3.04. The molecule has 1 heterocycles. The van der Waals surface area contributed by atoms with Crippen LogP contribution in [0.3, 0.4) is 0 Å². The van der Waals surface area contributed by atoms with Crippen LogP contribution in [0, 0.1) is 6.92 Å². The van der Waals surface area contributed by atoms with Gasteiger partial charge in [0.25, 0.3) is 0 Å². The second-order valence-electron chi connectivity index (χ2n) is 6.33. The van der Waals surface area contributed by atoms with E-state index in [9.17, 15) is 0 Å². The molecule has 0 aliphatic heterocycles. The van der Waals surface area contributed by atoms with Crippen molar-refractivity contribution in [2.24, 2.45) is 5.10 Å². The summed E-state index contributed by atoms with van der Waals surface area (Å²) >= 11 is 0. The molecule has 29 heavy (non-hydrogen) atoms. The van der Waals surface area contributed by atoms with E-state index in [2.05, 4.69) is 10.1 Å². The molecule has 152 valence electrons. The lowest BCUT2D eigenvalue weighted by molar-refractivity contribution is 0.283. The maximum absolute atomic E-state index is 5.89. The molecule has 7 nitrogen and oxygen atoms in total. The summed E-state index contributed by atoms with van der Waals surface area (Å²) in [6.45, 7) is 7.38. The number of imidazole rings is 1. The van der Waals surface area contributed by atoms with Crippen LogP contribution in [0.2, 0.25) is 0 Å². The molecule has 0 aliphatic rings. The van der Waals surface area contributed by atoms with E-state index >= 15 is 0 Å². The van der Waals surface area contributed by atoms with Crippen LogP contribution in [-0.4, -0.2) is 29.1 Å². The van der Waals surface area contributed by atoms with Gasteiger partial charge in [0.15, 0.2) is 11.5 Å². The molecule has 0 fully saturated rings. The fraction of sp³-hybridized carbons (Fsp3) is 0.273. The van der Waals surface area contributed by atoms with Crippen molar-refractivity contribution >= 4 is 12.2 Å². The zero-order chi connectivity index (χ0) is 20.6. The summed E-state index contributed by atoms with van der Waals surface area (Å²) < 4.78 is 18.7. The quantitative estimate of drug-likeness (QED) is 0.554. The van der Waals surface area contributed by atoms with E-state index in [-0.39, 0.29) is 0 Å². The van der Waals surface area contributed by atoms with Crippen molar-refractivity contribution in [1.29, 1.82) is 0 Å². The number of aromatic nitrogens is 2. The number of hydrogen-bond donors (Lipinski definition) is 1. The molecule has 0 aliphatic carbocycles. The molecule has 3 rings (SSSR count). The van der Waals surface area contributed by atoms with Gasteiger partial charge in [-0.15, -0.1) is 0 Å². The van der Waals surface area contributed by atoms with Crippen molar-refractivity contribution in [3.63, 3.8) is 0 Å². The highest BCUT2D eigenvalue weighted by Gasteiger charge is 2.07. The Bertz CT molecular complexity index is 965. The van der Waals surface area contributed by atoms with Crippen molar-refractivity contribution in [2.75, 3.05) is 18.9 Å². The van der Waals surface area contributed by atoms with Crippen molar-refractivity contribution in [1.82, 2.24) is 9.66 Å². The summed E-state index contributed by atoms with van der Waals surface area (Å²) in [5.41, 5.74) is 8.55. The predicted molar refractivity (Wildman–Crippen MR) is 114 cm³/mol. The summed E-state index contributed by atoms with van der Waals surface area (Å²) in [4.78, 5) is 4.11. The standard InChI is InChI=1S/C22H26N4O3/c1-4-27-20-11-8-18(12-21(20)28-5-2)15-29-19-9-6-17(7-10-19)13-24-26-14-16(3)25-22(26)23/h6-14H,4-5,15H2,1-3H3,(H2,23,25). The first-order chi connectivity index (χ1) is 14.1. The average molecular weight is 394 g/mol. The zero-order valence-corrected chi connectivity index (χ0v) is 17.0. The molecule has 2 N–H and O–H groups in total. The molecular formula is C22H26N4O3. The fourth-order valence-corrected chi connectivity index (χ4v) is 2.73. The summed E-state index contributed by atoms with van der Waals surface area (Å²) in [6.07, 6.45) is 3.50. The van der Waals surface area contributed by atoms with Gasteiger partial charge < -0.3 is 19.9 Å². The van der Waals surface area contributed by atoms with Crippen molar-refractivity contribution in [2.45, 2.75) is 27.4 Å². The summed E-state index contributed by atoms with van der Waals surface area (Å²) in [5, 5.41) is 4.31. The van der Waals surface area contributed by atoms with Gasteiger partial charge in [0.05, 0.1) is 31.3 Å². The van der Waals surface area contributed by atoms with Gasteiger partial charge in [0, 0.05) is 0 Å². The number of ether oxygens (including phenoxy) is 3. The summed E-state index contributed by atoms with van der Waals surface area (Å²) in [6, 6.07) is 13.5. The molecule has 3 aromatic rings. The van der Waals surface area contributed by atoms with E-state index in [0.29, 0.717) is 25.8 Å². The van der Waals surface area contributed by atoms with Crippen LogP contribution in [0.5, 0.6) is 17.2 Å². The van der Waals surface area contributed by atoms with E-state index in [1.165, 1.54) is 0 Å². The molecule has 1 aromatic heterocycles. The highest BCUT2D eigenvalue weighted by molar-refractivity contribution is 5.79. The number of aryl methyl sites for hydroxylation is 1. The Morgan fingerprint density at radius 1 is 1.00 bits per heavy atom. The van der Waals surface area contributed by atoms with E-state index in [1.807, 2.05) is 63.2 Å². The summed E-state index contributed by atoms with van der Waals surface area (Å²) in [7, 11) is 0. The van der Waals surface area contributed by atoms with Gasteiger partial charge in [0.2, 0.25) is 5.95 Å². The van der Waals surface area contributed by atoms with Gasteiger partial charge in [-0.3, -0.25) is 0 Å². The van der Waals surface area contributed by atoms with Crippen LogP contribution in [0.15, 0.2) is 53.8 Å². The number of rotatable bonds is 9. The van der Waals surface area contributed by atoms with Crippen LogP contribution < -0.4 is 19.9 Å². The Kier molecular flexibility index (Phi) is 6.73. The molecular weight excluding hydrogens is 368 g/mol. The van der Waals surface area contributed by atoms with Crippen LogP contribution in [-0.2, 0) is 6.61 Å². The monoisotopic (exact) mass is 394 g/mol. The minimum atomic E-state index is 0.362. The van der Waals surface area contributed by atoms with Crippen LogP contribution >= 0.6 is 0 Å². The Balaban J connectivity index is 1.61. The lowest BCUT2D eigenvalue weighted by atomic mass is 10.2. The Hall–Kier alpha value is -3.48. The van der Waals surface area contributed by atoms with Crippen LogP contribution in [0.25, 0.3) is 0 Å². The number of benzene rings is 2. The first-order valence-electron chi connectivity index (χ1n) is 9.56. The molecule has 0 atom stereocenters. The third-order valence-electron chi connectivity index (χ3n) is 4.06. The molecule has 7 heteroatoms. The molecule has 0 spiro atoms. The topological polar surface area (TPSA) is 83.9 Å². The maximum atomic E-state index is 5.89. The second kappa shape index (κ2) is 9.64.